The summed E-state index contributed by atoms with van der Waals surface area (Å²) in [6.07, 6.45) is 3.95. The highest BCUT2D eigenvalue weighted by Gasteiger charge is 2.09. The predicted octanol–water partition coefficient (Wildman–Crippen LogP) is 4.51. The normalized spacial score (nSPS) is 11.6. The number of benzene rings is 3. The van der Waals surface area contributed by atoms with E-state index in [0.29, 0.717) is 16.9 Å². The molecule has 6 nitrogen and oxygen atoms in total. The number of rotatable bonds is 4. The van der Waals surface area contributed by atoms with Gasteiger partial charge >= 0.3 is 0 Å². The lowest BCUT2D eigenvalue weighted by Crippen LogP contribution is -2.01. The minimum absolute atomic E-state index is 0.435. The summed E-state index contributed by atoms with van der Waals surface area (Å²) in [5.41, 5.74) is 3.49. The summed E-state index contributed by atoms with van der Waals surface area (Å²) in [6.45, 7) is 0. The van der Waals surface area contributed by atoms with E-state index in [-0.39, 0.29) is 0 Å². The number of nitrogens with zero attached hydrogens (tertiary/aromatic N) is 5. The van der Waals surface area contributed by atoms with E-state index in [2.05, 4.69) is 55.6 Å². The molecule has 0 spiro atoms. The summed E-state index contributed by atoms with van der Waals surface area (Å²) in [5, 5.41) is 14.1. The minimum Gasteiger partial charge on any atom is -0.252 e. The minimum atomic E-state index is 0.435. The van der Waals surface area contributed by atoms with E-state index in [4.69, 9.17) is 12.2 Å². The molecule has 0 aliphatic rings. The van der Waals surface area contributed by atoms with Crippen LogP contribution < -0.4 is 0 Å². The number of H-pyrrole nitrogens is 1. The van der Waals surface area contributed by atoms with Gasteiger partial charge in [0.15, 0.2) is 5.82 Å². The molecule has 5 aromatic rings. The molecular formula is C22H16N6S. The van der Waals surface area contributed by atoms with Crippen LogP contribution in [-0.2, 0) is 6.42 Å². The van der Waals surface area contributed by atoms with Crippen LogP contribution in [0.25, 0.3) is 21.8 Å². The molecule has 2 heterocycles. The van der Waals surface area contributed by atoms with Gasteiger partial charge in [0.2, 0.25) is 4.77 Å². The van der Waals surface area contributed by atoms with Crippen molar-refractivity contribution >= 4 is 40.2 Å². The first-order valence-electron chi connectivity index (χ1n) is 9.17. The van der Waals surface area contributed by atoms with Crippen LogP contribution in [0.15, 0.2) is 78.0 Å². The van der Waals surface area contributed by atoms with Crippen molar-refractivity contribution in [3.05, 3.63) is 94.8 Å². The lowest BCUT2D eigenvalue weighted by atomic mass is 10.0. The van der Waals surface area contributed by atoms with Crippen LogP contribution >= 0.6 is 12.2 Å². The van der Waals surface area contributed by atoms with Crippen molar-refractivity contribution in [2.24, 2.45) is 5.10 Å². The largest absolute Gasteiger partial charge is 0.252 e. The Kier molecular flexibility index (Phi) is 4.42. The molecule has 0 aliphatic heterocycles. The van der Waals surface area contributed by atoms with Crippen LogP contribution in [0.4, 0.5) is 0 Å². The van der Waals surface area contributed by atoms with E-state index in [0.717, 1.165) is 16.9 Å². The number of aromatic amines is 1. The maximum absolute atomic E-state index is 5.37. The van der Waals surface area contributed by atoms with Crippen molar-refractivity contribution in [1.29, 1.82) is 0 Å². The SMILES string of the molecule is S=c1[nH]nc(Cc2cccc3ccccc23)n1/N=C\c1cnc2ccccc2n1. The summed E-state index contributed by atoms with van der Waals surface area (Å²) >= 11 is 5.37. The van der Waals surface area contributed by atoms with Gasteiger partial charge in [-0.1, -0.05) is 54.6 Å². The third-order valence-corrected chi connectivity index (χ3v) is 4.98. The maximum Gasteiger partial charge on any atom is 0.216 e. The molecular weight excluding hydrogens is 380 g/mol. The van der Waals surface area contributed by atoms with Crippen molar-refractivity contribution in [2.45, 2.75) is 6.42 Å². The van der Waals surface area contributed by atoms with Crippen molar-refractivity contribution in [1.82, 2.24) is 24.8 Å². The Bertz CT molecular complexity index is 1410. The highest BCUT2D eigenvalue weighted by atomic mass is 32.1. The van der Waals surface area contributed by atoms with E-state index in [1.165, 1.54) is 16.3 Å². The molecule has 140 valence electrons. The highest BCUT2D eigenvalue weighted by Crippen LogP contribution is 2.20. The first-order chi connectivity index (χ1) is 14.3. The molecule has 0 bridgehead atoms. The topological polar surface area (TPSA) is 71.8 Å². The number of hydrogen-bond donors (Lipinski definition) is 1. The zero-order chi connectivity index (χ0) is 19.6. The van der Waals surface area contributed by atoms with Crippen LogP contribution in [0.5, 0.6) is 0 Å². The van der Waals surface area contributed by atoms with Gasteiger partial charge in [0, 0.05) is 6.42 Å². The fourth-order valence-electron chi connectivity index (χ4n) is 3.33. The molecule has 3 aromatic carbocycles. The Morgan fingerprint density at radius 1 is 0.966 bits per heavy atom. The molecule has 0 saturated heterocycles. The second-order valence-corrected chi connectivity index (χ2v) is 6.99. The third-order valence-electron chi connectivity index (χ3n) is 4.72. The molecule has 0 saturated carbocycles. The van der Waals surface area contributed by atoms with Gasteiger partial charge in [-0.05, 0) is 40.7 Å². The monoisotopic (exact) mass is 396 g/mol. The van der Waals surface area contributed by atoms with Gasteiger partial charge < -0.3 is 0 Å². The van der Waals surface area contributed by atoms with Crippen molar-refractivity contribution in [3.63, 3.8) is 0 Å². The Labute approximate surface area is 171 Å². The second-order valence-electron chi connectivity index (χ2n) is 6.60. The quantitative estimate of drug-likeness (QED) is 0.358. The van der Waals surface area contributed by atoms with E-state index < -0.39 is 0 Å². The smallest absolute Gasteiger partial charge is 0.216 e. The van der Waals surface area contributed by atoms with Crippen LogP contribution in [0.3, 0.4) is 0 Å². The number of nitrogens with one attached hydrogen (secondary N) is 1. The van der Waals surface area contributed by atoms with Gasteiger partial charge in [0.1, 0.15) is 5.69 Å². The van der Waals surface area contributed by atoms with E-state index in [9.17, 15) is 0 Å². The lowest BCUT2D eigenvalue weighted by Gasteiger charge is -2.06. The number of aromatic nitrogens is 5. The number of fused-ring (bicyclic) bond motifs is 2. The van der Waals surface area contributed by atoms with Crippen LogP contribution in [0.1, 0.15) is 17.1 Å². The Hall–Kier alpha value is -3.71. The van der Waals surface area contributed by atoms with Crippen molar-refractivity contribution in [3.8, 4) is 0 Å². The molecule has 1 N–H and O–H groups in total. The molecule has 29 heavy (non-hydrogen) atoms. The summed E-state index contributed by atoms with van der Waals surface area (Å²) < 4.78 is 2.07. The van der Waals surface area contributed by atoms with Gasteiger partial charge in [-0.2, -0.15) is 14.9 Å². The lowest BCUT2D eigenvalue weighted by molar-refractivity contribution is 0.793. The van der Waals surface area contributed by atoms with Crippen LogP contribution in [-0.4, -0.2) is 31.1 Å². The van der Waals surface area contributed by atoms with Crippen molar-refractivity contribution < 1.29 is 0 Å². The molecule has 0 aliphatic carbocycles. The Morgan fingerprint density at radius 2 is 1.76 bits per heavy atom. The molecule has 5 rings (SSSR count). The first kappa shape index (κ1) is 17.4. The van der Waals surface area contributed by atoms with Gasteiger partial charge in [-0.3, -0.25) is 10.1 Å². The maximum atomic E-state index is 5.37. The zero-order valence-electron chi connectivity index (χ0n) is 15.4. The zero-order valence-corrected chi connectivity index (χ0v) is 16.2. The summed E-state index contributed by atoms with van der Waals surface area (Å²) in [6, 6.07) is 22.3. The summed E-state index contributed by atoms with van der Waals surface area (Å²) in [7, 11) is 0. The molecule has 0 fully saturated rings. The molecule has 0 radical (unpaired) electrons. The highest BCUT2D eigenvalue weighted by molar-refractivity contribution is 7.71. The Balaban J connectivity index is 1.49. The van der Waals surface area contributed by atoms with E-state index in [1.807, 2.05) is 36.4 Å². The molecule has 0 atom stereocenters. The molecule has 0 unspecified atom stereocenters. The fourth-order valence-corrected chi connectivity index (χ4v) is 3.52. The number of hydrogen-bond acceptors (Lipinski definition) is 5. The average molecular weight is 396 g/mol. The average Bonchev–Trinajstić information content (AvgIpc) is 3.11. The standard InChI is InChI=1S/C22H16N6S/c29-22-27-26-21(12-16-8-5-7-15-6-1-2-9-18(15)16)28(22)24-14-17-13-23-19-10-3-4-11-20(19)25-17/h1-11,13-14H,12H2,(H,27,29)/b24-14-. The fraction of sp³-hybridized carbons (Fsp3) is 0.0455. The van der Waals surface area contributed by atoms with Crippen LogP contribution in [0, 0.1) is 4.77 Å². The third kappa shape index (κ3) is 3.43. The molecule has 0 amide bonds. The van der Waals surface area contributed by atoms with Gasteiger partial charge in [-0.25, -0.2) is 4.98 Å². The number of para-hydroxylation sites is 2. The molecule has 2 aromatic heterocycles. The van der Waals surface area contributed by atoms with E-state index >= 15 is 0 Å². The van der Waals surface area contributed by atoms with Crippen molar-refractivity contribution in [2.75, 3.05) is 0 Å². The molecule has 7 heteroatoms. The predicted molar refractivity (Wildman–Crippen MR) is 117 cm³/mol. The van der Waals surface area contributed by atoms with Gasteiger partial charge in [-0.15, -0.1) is 0 Å². The second kappa shape index (κ2) is 7.37. The van der Waals surface area contributed by atoms with Gasteiger partial charge in [0.25, 0.3) is 0 Å². The Morgan fingerprint density at radius 3 is 2.69 bits per heavy atom. The van der Waals surface area contributed by atoms with E-state index in [1.54, 1.807) is 17.1 Å². The summed E-state index contributed by atoms with van der Waals surface area (Å²) in [5.74, 6) is 0.733. The summed E-state index contributed by atoms with van der Waals surface area (Å²) in [4.78, 5) is 8.98. The van der Waals surface area contributed by atoms with Crippen LogP contribution in [0.2, 0.25) is 0 Å². The van der Waals surface area contributed by atoms with Gasteiger partial charge in [0.05, 0.1) is 23.4 Å². The first-order valence-corrected chi connectivity index (χ1v) is 9.58.